The summed E-state index contributed by atoms with van der Waals surface area (Å²) >= 11 is 5.85. The number of benzene rings is 2. The van der Waals surface area contributed by atoms with Crippen LogP contribution in [0.5, 0.6) is 0 Å². The zero-order valence-corrected chi connectivity index (χ0v) is 12.6. The molecule has 0 aromatic heterocycles. The molecule has 0 bridgehead atoms. The lowest BCUT2D eigenvalue weighted by molar-refractivity contribution is 0.0955. The fourth-order valence-corrected chi connectivity index (χ4v) is 1.99. The van der Waals surface area contributed by atoms with Crippen LogP contribution in [0.2, 0.25) is 5.02 Å². The molecule has 2 N–H and O–H groups in total. The van der Waals surface area contributed by atoms with E-state index in [1.54, 1.807) is 43.3 Å². The summed E-state index contributed by atoms with van der Waals surface area (Å²) < 4.78 is 0. The van der Waals surface area contributed by atoms with Gasteiger partial charge in [-0.1, -0.05) is 53.2 Å². The Kier molecular flexibility index (Phi) is 5.27. The maximum Gasteiger partial charge on any atom is 0.271 e. The molecule has 0 aliphatic carbocycles. The minimum Gasteiger partial charge on any atom is -0.411 e. The third-order valence-electron chi connectivity index (χ3n) is 2.90. The van der Waals surface area contributed by atoms with E-state index in [-0.39, 0.29) is 5.71 Å². The minimum atomic E-state index is -0.401. The quantitative estimate of drug-likeness (QED) is 0.516. The highest BCUT2D eigenvalue weighted by Crippen LogP contribution is 2.10. The minimum absolute atomic E-state index is 0.289. The zero-order chi connectivity index (χ0) is 15.9. The number of nitrogens with zero attached hydrogens (tertiary/aromatic N) is 2. The van der Waals surface area contributed by atoms with Gasteiger partial charge in [0.2, 0.25) is 0 Å². The largest absolute Gasteiger partial charge is 0.411 e. The summed E-state index contributed by atoms with van der Waals surface area (Å²) in [5, 5.41) is 16.6. The summed E-state index contributed by atoms with van der Waals surface area (Å²) in [5.74, 6) is -0.401. The van der Waals surface area contributed by atoms with E-state index in [1.807, 2.05) is 18.2 Å². The molecule has 0 saturated carbocycles. The molecule has 112 valence electrons. The molecule has 0 radical (unpaired) electrons. The van der Waals surface area contributed by atoms with Crippen molar-refractivity contribution in [2.75, 3.05) is 0 Å². The Morgan fingerprint density at radius 3 is 2.41 bits per heavy atom. The molecule has 0 unspecified atom stereocenters. The lowest BCUT2D eigenvalue weighted by Gasteiger charge is -2.06. The van der Waals surface area contributed by atoms with Crippen LogP contribution in [0, 0.1) is 0 Å². The van der Waals surface area contributed by atoms with Crippen LogP contribution in [0.4, 0.5) is 0 Å². The first-order valence-electron chi connectivity index (χ1n) is 6.50. The Hall–Kier alpha value is -2.66. The molecular formula is C16H14ClN3O2. The van der Waals surface area contributed by atoms with Crippen LogP contribution in [0.3, 0.4) is 0 Å². The Labute approximate surface area is 132 Å². The first kappa shape index (κ1) is 15.7. The molecule has 0 aliphatic rings. The van der Waals surface area contributed by atoms with Gasteiger partial charge in [-0.05, 0) is 25.1 Å². The predicted molar refractivity (Wildman–Crippen MR) is 86.8 cm³/mol. The first-order chi connectivity index (χ1) is 10.6. The molecule has 0 saturated heterocycles. The number of rotatable bonds is 4. The van der Waals surface area contributed by atoms with E-state index in [0.29, 0.717) is 16.3 Å². The number of hydrogen-bond acceptors (Lipinski definition) is 4. The van der Waals surface area contributed by atoms with Crippen molar-refractivity contribution >= 4 is 28.9 Å². The normalized spacial score (nSPS) is 12.1. The number of hydrazone groups is 1. The summed E-state index contributed by atoms with van der Waals surface area (Å²) in [6.07, 6.45) is 0. The van der Waals surface area contributed by atoms with Gasteiger partial charge in [-0.2, -0.15) is 5.10 Å². The average Bonchev–Trinajstić information content (AvgIpc) is 2.55. The van der Waals surface area contributed by atoms with Crippen molar-refractivity contribution < 1.29 is 10.0 Å². The monoisotopic (exact) mass is 315 g/mol. The first-order valence-corrected chi connectivity index (χ1v) is 6.87. The Bertz CT molecular complexity index is 727. The van der Waals surface area contributed by atoms with Gasteiger partial charge in [0, 0.05) is 16.1 Å². The average molecular weight is 316 g/mol. The van der Waals surface area contributed by atoms with Crippen molar-refractivity contribution in [3.05, 3.63) is 70.7 Å². The van der Waals surface area contributed by atoms with E-state index in [9.17, 15) is 4.79 Å². The number of amides is 1. The van der Waals surface area contributed by atoms with Gasteiger partial charge in [0.15, 0.2) is 0 Å². The topological polar surface area (TPSA) is 74.1 Å². The van der Waals surface area contributed by atoms with E-state index < -0.39 is 5.91 Å². The maximum absolute atomic E-state index is 12.1. The highest BCUT2D eigenvalue weighted by Gasteiger charge is 2.10. The molecule has 2 rings (SSSR count). The van der Waals surface area contributed by atoms with Gasteiger partial charge in [-0.25, -0.2) is 5.43 Å². The summed E-state index contributed by atoms with van der Waals surface area (Å²) in [5.41, 5.74) is 4.22. The number of carbonyl (C=O) groups excluding carboxylic acids is 1. The molecule has 22 heavy (non-hydrogen) atoms. The van der Waals surface area contributed by atoms with Crippen LogP contribution in [0.15, 0.2) is 64.9 Å². The van der Waals surface area contributed by atoms with E-state index in [2.05, 4.69) is 15.7 Å². The van der Waals surface area contributed by atoms with Crippen LogP contribution >= 0.6 is 11.6 Å². The molecule has 0 fully saturated rings. The standard InChI is InChI=1S/C16H14ClN3O2/c1-11(20-22)15(12-6-3-2-4-7-12)18-19-16(21)13-8-5-9-14(17)10-13/h2-10,22H,1H3,(H,19,21)/b18-15+,20-11+. The van der Waals surface area contributed by atoms with Crippen LogP contribution in [0.1, 0.15) is 22.8 Å². The summed E-state index contributed by atoms with van der Waals surface area (Å²) in [6, 6.07) is 15.7. The highest BCUT2D eigenvalue weighted by atomic mass is 35.5. The molecule has 0 spiro atoms. The van der Waals surface area contributed by atoms with Crippen molar-refractivity contribution in [2.24, 2.45) is 10.3 Å². The van der Waals surface area contributed by atoms with Gasteiger partial charge in [-0.3, -0.25) is 4.79 Å². The number of carbonyl (C=O) groups is 1. The van der Waals surface area contributed by atoms with Crippen LogP contribution < -0.4 is 5.43 Å². The molecule has 2 aromatic rings. The third kappa shape index (κ3) is 3.93. The fourth-order valence-electron chi connectivity index (χ4n) is 1.80. The molecule has 0 heterocycles. The lowest BCUT2D eigenvalue weighted by atomic mass is 10.1. The van der Waals surface area contributed by atoms with Gasteiger partial charge in [0.05, 0.1) is 0 Å². The number of halogens is 1. The van der Waals surface area contributed by atoms with Crippen LogP contribution in [-0.4, -0.2) is 22.5 Å². The molecule has 0 atom stereocenters. The van der Waals surface area contributed by atoms with Gasteiger partial charge >= 0.3 is 0 Å². The van der Waals surface area contributed by atoms with Crippen LogP contribution in [-0.2, 0) is 0 Å². The van der Waals surface area contributed by atoms with Crippen molar-refractivity contribution in [1.82, 2.24) is 5.43 Å². The second kappa shape index (κ2) is 7.38. The molecule has 1 amide bonds. The predicted octanol–water partition coefficient (Wildman–Crippen LogP) is 3.32. The van der Waals surface area contributed by atoms with Gasteiger partial charge in [0.25, 0.3) is 5.91 Å². The number of hydrogen-bond donors (Lipinski definition) is 2. The van der Waals surface area contributed by atoms with Crippen molar-refractivity contribution in [2.45, 2.75) is 6.92 Å². The Morgan fingerprint density at radius 2 is 1.77 bits per heavy atom. The second-order valence-corrected chi connectivity index (χ2v) is 4.90. The summed E-state index contributed by atoms with van der Waals surface area (Å²) in [4.78, 5) is 12.1. The molecular weight excluding hydrogens is 302 g/mol. The van der Waals surface area contributed by atoms with E-state index in [0.717, 1.165) is 5.56 Å². The van der Waals surface area contributed by atoms with E-state index >= 15 is 0 Å². The van der Waals surface area contributed by atoms with Crippen LogP contribution in [0.25, 0.3) is 0 Å². The van der Waals surface area contributed by atoms with E-state index in [4.69, 9.17) is 16.8 Å². The number of oxime groups is 1. The molecule has 5 nitrogen and oxygen atoms in total. The lowest BCUT2D eigenvalue weighted by Crippen LogP contribution is -2.23. The summed E-state index contributed by atoms with van der Waals surface area (Å²) in [7, 11) is 0. The van der Waals surface area contributed by atoms with Gasteiger partial charge < -0.3 is 5.21 Å². The maximum atomic E-state index is 12.1. The van der Waals surface area contributed by atoms with Crippen molar-refractivity contribution in [1.29, 1.82) is 0 Å². The summed E-state index contributed by atoms with van der Waals surface area (Å²) in [6.45, 7) is 1.59. The second-order valence-electron chi connectivity index (χ2n) is 4.46. The van der Waals surface area contributed by atoms with E-state index in [1.165, 1.54) is 0 Å². The number of nitrogens with one attached hydrogen (secondary N) is 1. The Balaban J connectivity index is 2.26. The zero-order valence-electron chi connectivity index (χ0n) is 11.8. The van der Waals surface area contributed by atoms with Crippen molar-refractivity contribution in [3.8, 4) is 0 Å². The smallest absolute Gasteiger partial charge is 0.271 e. The Morgan fingerprint density at radius 1 is 1.09 bits per heavy atom. The molecule has 0 aliphatic heterocycles. The third-order valence-corrected chi connectivity index (χ3v) is 3.13. The van der Waals surface area contributed by atoms with Crippen molar-refractivity contribution in [3.63, 3.8) is 0 Å². The van der Waals surface area contributed by atoms with Gasteiger partial charge in [0.1, 0.15) is 11.4 Å². The molecule has 6 heteroatoms. The fraction of sp³-hybridized carbons (Fsp3) is 0.0625. The van der Waals surface area contributed by atoms with Gasteiger partial charge in [-0.15, -0.1) is 0 Å². The molecule has 2 aromatic carbocycles. The highest BCUT2D eigenvalue weighted by molar-refractivity contribution is 6.47. The SMILES string of the molecule is CC(=N\O)/C(=N\NC(=O)c1cccc(Cl)c1)c1ccccc1.